The molecule has 3 heterocycles. The number of H-pyrrole nitrogens is 1. The number of rotatable bonds is 7. The summed E-state index contributed by atoms with van der Waals surface area (Å²) >= 11 is 0. The number of nitrogens with one attached hydrogen (secondary N) is 2. The maximum absolute atomic E-state index is 4.69. The van der Waals surface area contributed by atoms with E-state index in [9.17, 15) is 0 Å². The van der Waals surface area contributed by atoms with Crippen LogP contribution in [0.3, 0.4) is 0 Å². The average Bonchev–Trinajstić information content (AvgIpc) is 3.12. The fourth-order valence-corrected chi connectivity index (χ4v) is 4.29. The maximum Gasteiger partial charge on any atom is 0.138 e. The predicted octanol–water partition coefficient (Wildman–Crippen LogP) is 5.02. The summed E-state index contributed by atoms with van der Waals surface area (Å²) in [6.45, 7) is 13.1. The van der Waals surface area contributed by atoms with Gasteiger partial charge in [-0.2, -0.15) is 0 Å². The molecule has 3 aromatic heterocycles. The van der Waals surface area contributed by atoms with Gasteiger partial charge in [0.2, 0.25) is 0 Å². The molecule has 0 unspecified atom stereocenters. The third kappa shape index (κ3) is 3.10. The Morgan fingerprint density at radius 2 is 1.79 bits per heavy atom. The van der Waals surface area contributed by atoms with Crippen LogP contribution in [0, 0.1) is 13.8 Å². The van der Waals surface area contributed by atoms with E-state index in [-0.39, 0.29) is 0 Å². The highest BCUT2D eigenvalue weighted by Gasteiger charge is 2.16. The van der Waals surface area contributed by atoms with Crippen molar-refractivity contribution in [2.45, 2.75) is 34.1 Å². The van der Waals surface area contributed by atoms with Crippen LogP contribution in [0.2, 0.25) is 0 Å². The smallest absolute Gasteiger partial charge is 0.138 e. The lowest BCUT2D eigenvalue weighted by Crippen LogP contribution is -2.25. The molecule has 0 aliphatic heterocycles. The van der Waals surface area contributed by atoms with Crippen LogP contribution < -0.4 is 5.32 Å². The molecule has 0 amide bonds. The molecule has 0 aliphatic carbocycles. The Bertz CT molecular complexity index is 1120. The largest absolute Gasteiger partial charge is 0.370 e. The van der Waals surface area contributed by atoms with Gasteiger partial charge < -0.3 is 15.2 Å². The molecule has 0 bridgehead atoms. The van der Waals surface area contributed by atoms with Gasteiger partial charge in [-0.15, -0.1) is 0 Å². The van der Waals surface area contributed by atoms with Crippen LogP contribution in [0.25, 0.3) is 32.7 Å². The van der Waals surface area contributed by atoms with Crippen molar-refractivity contribution in [3.8, 4) is 0 Å². The van der Waals surface area contributed by atoms with Crippen LogP contribution in [0.4, 0.5) is 5.82 Å². The maximum atomic E-state index is 4.69. The summed E-state index contributed by atoms with van der Waals surface area (Å²) in [5.41, 5.74) is 4.63. The minimum atomic E-state index is 0.925. The highest BCUT2D eigenvalue weighted by Crippen LogP contribution is 2.38. The van der Waals surface area contributed by atoms with E-state index >= 15 is 0 Å². The van der Waals surface area contributed by atoms with Crippen molar-refractivity contribution in [1.29, 1.82) is 0 Å². The van der Waals surface area contributed by atoms with Gasteiger partial charge in [0.15, 0.2) is 0 Å². The van der Waals surface area contributed by atoms with Gasteiger partial charge in [0, 0.05) is 35.1 Å². The second kappa shape index (κ2) is 7.76. The zero-order valence-corrected chi connectivity index (χ0v) is 17.3. The molecule has 0 aliphatic rings. The van der Waals surface area contributed by atoms with Crippen molar-refractivity contribution in [3.05, 3.63) is 41.7 Å². The zero-order chi connectivity index (χ0) is 19.7. The standard InChI is InChI=1S/C23H29N5/c1-5-28(6-2)14-8-12-25-23-20-16(4)19-18-9-7-11-24-22(18)27-21(19)15(3)17(20)10-13-26-23/h7,9-11,13H,5-6,8,12,14H2,1-4H3,(H,24,27)(H,25,26). The van der Waals surface area contributed by atoms with E-state index in [0.29, 0.717) is 0 Å². The van der Waals surface area contributed by atoms with E-state index in [0.717, 1.165) is 44.1 Å². The number of pyridine rings is 2. The predicted molar refractivity (Wildman–Crippen MR) is 119 cm³/mol. The molecule has 28 heavy (non-hydrogen) atoms. The van der Waals surface area contributed by atoms with Crippen molar-refractivity contribution in [2.75, 3.05) is 31.5 Å². The number of nitrogens with zero attached hydrogens (tertiary/aromatic N) is 3. The van der Waals surface area contributed by atoms with Crippen LogP contribution in [-0.4, -0.2) is 46.0 Å². The van der Waals surface area contributed by atoms with E-state index < -0.39 is 0 Å². The third-order valence-corrected chi connectivity index (χ3v) is 5.89. The summed E-state index contributed by atoms with van der Waals surface area (Å²) in [6, 6.07) is 6.27. The summed E-state index contributed by atoms with van der Waals surface area (Å²) in [7, 11) is 0. The van der Waals surface area contributed by atoms with Crippen molar-refractivity contribution in [1.82, 2.24) is 19.9 Å². The van der Waals surface area contributed by atoms with Gasteiger partial charge in [-0.05, 0) is 74.6 Å². The first-order valence-corrected chi connectivity index (χ1v) is 10.3. The molecule has 0 saturated carbocycles. The van der Waals surface area contributed by atoms with Crippen LogP contribution >= 0.6 is 0 Å². The number of fused-ring (bicyclic) bond motifs is 4. The van der Waals surface area contributed by atoms with Gasteiger partial charge in [0.05, 0.1) is 5.52 Å². The monoisotopic (exact) mass is 375 g/mol. The SMILES string of the molecule is CCN(CC)CCCNc1nccc2c(C)c3[nH]c4ncccc4c3c(C)c12. The highest BCUT2D eigenvalue weighted by molar-refractivity contribution is 6.17. The lowest BCUT2D eigenvalue weighted by atomic mass is 9.96. The quantitative estimate of drug-likeness (QED) is 0.445. The lowest BCUT2D eigenvalue weighted by Gasteiger charge is -2.18. The number of anilines is 1. The van der Waals surface area contributed by atoms with Crippen molar-refractivity contribution in [3.63, 3.8) is 0 Å². The Balaban J connectivity index is 1.76. The highest BCUT2D eigenvalue weighted by atomic mass is 15.1. The first kappa shape index (κ1) is 18.7. The molecule has 0 fully saturated rings. The molecule has 5 heteroatoms. The zero-order valence-electron chi connectivity index (χ0n) is 17.3. The van der Waals surface area contributed by atoms with Crippen LogP contribution in [0.5, 0.6) is 0 Å². The van der Waals surface area contributed by atoms with E-state index in [1.165, 1.54) is 38.2 Å². The van der Waals surface area contributed by atoms with E-state index in [2.05, 4.69) is 65.0 Å². The number of benzene rings is 1. The van der Waals surface area contributed by atoms with Gasteiger partial charge in [-0.3, -0.25) is 0 Å². The van der Waals surface area contributed by atoms with Gasteiger partial charge in [0.1, 0.15) is 11.5 Å². The van der Waals surface area contributed by atoms with Crippen LogP contribution in [0.15, 0.2) is 30.6 Å². The van der Waals surface area contributed by atoms with Crippen molar-refractivity contribution in [2.24, 2.45) is 0 Å². The summed E-state index contributed by atoms with van der Waals surface area (Å²) in [5, 5.41) is 8.50. The Morgan fingerprint density at radius 3 is 2.57 bits per heavy atom. The topological polar surface area (TPSA) is 56.8 Å². The molecule has 4 rings (SSSR count). The van der Waals surface area contributed by atoms with Gasteiger partial charge in [-0.1, -0.05) is 13.8 Å². The van der Waals surface area contributed by atoms with Crippen molar-refractivity contribution < 1.29 is 0 Å². The molecule has 4 aromatic rings. The van der Waals surface area contributed by atoms with Crippen LogP contribution in [-0.2, 0) is 0 Å². The minimum Gasteiger partial charge on any atom is -0.370 e. The number of hydrogen-bond donors (Lipinski definition) is 2. The fraction of sp³-hybridized carbons (Fsp3) is 0.391. The Labute approximate surface area is 166 Å². The average molecular weight is 376 g/mol. The second-order valence-corrected chi connectivity index (χ2v) is 7.41. The van der Waals surface area contributed by atoms with Crippen LogP contribution in [0.1, 0.15) is 31.4 Å². The molecule has 0 saturated heterocycles. The first-order chi connectivity index (χ1) is 13.7. The fourth-order valence-electron chi connectivity index (χ4n) is 4.29. The van der Waals surface area contributed by atoms with Gasteiger partial charge in [-0.25, -0.2) is 9.97 Å². The molecule has 146 valence electrons. The van der Waals surface area contributed by atoms with E-state index in [4.69, 9.17) is 0 Å². The summed E-state index contributed by atoms with van der Waals surface area (Å²) in [4.78, 5) is 15.2. The number of aryl methyl sites for hydroxylation is 2. The van der Waals surface area contributed by atoms with E-state index in [1.807, 2.05) is 18.5 Å². The van der Waals surface area contributed by atoms with Gasteiger partial charge >= 0.3 is 0 Å². The number of aromatic amines is 1. The normalized spacial score (nSPS) is 11.9. The van der Waals surface area contributed by atoms with Crippen molar-refractivity contribution >= 4 is 38.5 Å². The number of aromatic nitrogens is 3. The second-order valence-electron chi connectivity index (χ2n) is 7.41. The molecule has 0 spiro atoms. The molecule has 5 nitrogen and oxygen atoms in total. The van der Waals surface area contributed by atoms with E-state index in [1.54, 1.807) is 0 Å². The van der Waals surface area contributed by atoms with Gasteiger partial charge in [0.25, 0.3) is 0 Å². The summed E-state index contributed by atoms with van der Waals surface area (Å²) in [6.07, 6.45) is 4.86. The number of hydrogen-bond acceptors (Lipinski definition) is 4. The molecular formula is C23H29N5. The Morgan fingerprint density at radius 1 is 0.964 bits per heavy atom. The molecular weight excluding hydrogens is 346 g/mol. The molecule has 1 aromatic carbocycles. The summed E-state index contributed by atoms with van der Waals surface area (Å²) in [5.74, 6) is 0.984. The minimum absolute atomic E-state index is 0.925. The first-order valence-electron chi connectivity index (χ1n) is 10.3. The molecule has 0 atom stereocenters. The Kier molecular flexibility index (Phi) is 5.18. The molecule has 2 N–H and O–H groups in total. The summed E-state index contributed by atoms with van der Waals surface area (Å²) < 4.78 is 0. The third-order valence-electron chi connectivity index (χ3n) is 5.89. The molecule has 0 radical (unpaired) electrons. The Hall–Kier alpha value is -2.66. The lowest BCUT2D eigenvalue weighted by molar-refractivity contribution is 0.303.